The molecule has 2 N–H and O–H groups in total. The number of aromatic nitrogens is 1. The highest BCUT2D eigenvalue weighted by Gasteiger charge is 2.18. The van der Waals surface area contributed by atoms with E-state index in [1.165, 1.54) is 5.56 Å². The van der Waals surface area contributed by atoms with E-state index in [-0.39, 0.29) is 12.1 Å². The molecule has 4 nitrogen and oxygen atoms in total. The highest BCUT2D eigenvalue weighted by molar-refractivity contribution is 5.29. The van der Waals surface area contributed by atoms with Crippen molar-refractivity contribution in [1.82, 2.24) is 4.98 Å². The number of pyridine rings is 1. The molecule has 108 valence electrons. The molecule has 2 rings (SSSR count). The molecule has 0 fully saturated rings. The monoisotopic (exact) mass is 281 g/mol. The van der Waals surface area contributed by atoms with Crippen LogP contribution in [0.3, 0.4) is 0 Å². The SMILES string of the molecule is CCc1ccc(C(Oc2ccc(C#N)nc2)C(C)N)cc1. The van der Waals surface area contributed by atoms with Crippen LogP contribution in [0, 0.1) is 11.3 Å². The average Bonchev–Trinajstić information content (AvgIpc) is 2.53. The summed E-state index contributed by atoms with van der Waals surface area (Å²) in [6.45, 7) is 4.03. The van der Waals surface area contributed by atoms with Gasteiger partial charge in [-0.3, -0.25) is 0 Å². The van der Waals surface area contributed by atoms with Crippen LogP contribution in [0.15, 0.2) is 42.6 Å². The van der Waals surface area contributed by atoms with Crippen molar-refractivity contribution in [3.05, 3.63) is 59.4 Å². The van der Waals surface area contributed by atoms with Crippen molar-refractivity contribution in [1.29, 1.82) is 5.26 Å². The molecule has 1 heterocycles. The molecule has 0 amide bonds. The third kappa shape index (κ3) is 3.80. The van der Waals surface area contributed by atoms with Gasteiger partial charge in [0.2, 0.25) is 0 Å². The molecule has 0 saturated heterocycles. The zero-order valence-electron chi connectivity index (χ0n) is 12.3. The molecule has 21 heavy (non-hydrogen) atoms. The predicted molar refractivity (Wildman–Crippen MR) is 81.8 cm³/mol. The Kier molecular flexibility index (Phi) is 4.91. The second kappa shape index (κ2) is 6.87. The van der Waals surface area contributed by atoms with Gasteiger partial charge in [0.25, 0.3) is 0 Å². The minimum absolute atomic E-state index is 0.159. The van der Waals surface area contributed by atoms with Crippen LogP contribution in [0.4, 0.5) is 0 Å². The lowest BCUT2D eigenvalue weighted by molar-refractivity contribution is 0.180. The van der Waals surface area contributed by atoms with E-state index >= 15 is 0 Å². The van der Waals surface area contributed by atoms with E-state index in [1.807, 2.05) is 25.1 Å². The van der Waals surface area contributed by atoms with E-state index in [0.717, 1.165) is 12.0 Å². The smallest absolute Gasteiger partial charge is 0.140 e. The Bertz CT molecular complexity index is 612. The van der Waals surface area contributed by atoms with E-state index in [1.54, 1.807) is 18.3 Å². The Balaban J connectivity index is 2.19. The fourth-order valence-corrected chi connectivity index (χ4v) is 2.08. The molecule has 0 bridgehead atoms. The first kappa shape index (κ1) is 15.0. The van der Waals surface area contributed by atoms with Crippen molar-refractivity contribution < 1.29 is 4.74 Å². The van der Waals surface area contributed by atoms with Gasteiger partial charge < -0.3 is 10.5 Å². The highest BCUT2D eigenvalue weighted by atomic mass is 16.5. The number of rotatable bonds is 5. The second-order valence-electron chi connectivity index (χ2n) is 4.98. The zero-order chi connectivity index (χ0) is 15.2. The summed E-state index contributed by atoms with van der Waals surface area (Å²) in [4.78, 5) is 4.00. The lowest BCUT2D eigenvalue weighted by Crippen LogP contribution is -2.29. The Labute approximate surface area is 125 Å². The summed E-state index contributed by atoms with van der Waals surface area (Å²) in [5.74, 6) is 0.607. The number of aryl methyl sites for hydroxylation is 1. The number of hydrogen-bond donors (Lipinski definition) is 1. The van der Waals surface area contributed by atoms with Crippen molar-refractivity contribution >= 4 is 0 Å². The van der Waals surface area contributed by atoms with Crippen LogP contribution < -0.4 is 10.5 Å². The minimum atomic E-state index is -0.245. The molecule has 4 heteroatoms. The van der Waals surface area contributed by atoms with Crippen molar-refractivity contribution in [2.75, 3.05) is 0 Å². The van der Waals surface area contributed by atoms with Crippen molar-refractivity contribution in [3.63, 3.8) is 0 Å². The number of ether oxygens (including phenoxy) is 1. The number of hydrogen-bond acceptors (Lipinski definition) is 4. The first-order chi connectivity index (χ1) is 10.1. The van der Waals surface area contributed by atoms with Crippen LogP contribution in [0.2, 0.25) is 0 Å². The molecule has 0 aliphatic carbocycles. The average molecular weight is 281 g/mol. The van der Waals surface area contributed by atoms with E-state index < -0.39 is 0 Å². The number of nitrogens with two attached hydrogens (primary N) is 1. The molecule has 0 saturated carbocycles. The van der Waals surface area contributed by atoms with Gasteiger partial charge in [-0.15, -0.1) is 0 Å². The maximum absolute atomic E-state index is 8.75. The Morgan fingerprint density at radius 3 is 2.43 bits per heavy atom. The van der Waals surface area contributed by atoms with E-state index in [0.29, 0.717) is 11.4 Å². The van der Waals surface area contributed by atoms with Gasteiger partial charge in [-0.1, -0.05) is 31.2 Å². The summed E-state index contributed by atoms with van der Waals surface area (Å²) in [5.41, 5.74) is 8.73. The molecule has 2 unspecified atom stereocenters. The largest absolute Gasteiger partial charge is 0.482 e. The summed E-state index contributed by atoms with van der Waals surface area (Å²) in [7, 11) is 0. The summed E-state index contributed by atoms with van der Waals surface area (Å²) < 4.78 is 5.94. The maximum Gasteiger partial charge on any atom is 0.140 e. The number of nitriles is 1. The lowest BCUT2D eigenvalue weighted by Gasteiger charge is -2.23. The molecule has 1 aromatic heterocycles. The summed E-state index contributed by atoms with van der Waals surface area (Å²) in [6, 6.07) is 13.5. The quantitative estimate of drug-likeness (QED) is 0.914. The van der Waals surface area contributed by atoms with E-state index in [9.17, 15) is 0 Å². The fraction of sp³-hybridized carbons (Fsp3) is 0.294. The molecule has 0 spiro atoms. The van der Waals surface area contributed by atoms with Crippen LogP contribution in [0.25, 0.3) is 0 Å². The van der Waals surface area contributed by atoms with Gasteiger partial charge >= 0.3 is 0 Å². The van der Waals surface area contributed by atoms with Crippen LogP contribution in [-0.2, 0) is 6.42 Å². The third-order valence-electron chi connectivity index (χ3n) is 3.31. The summed E-state index contributed by atoms with van der Waals surface area (Å²) in [6.07, 6.45) is 2.31. The Hall–Kier alpha value is -2.38. The first-order valence-corrected chi connectivity index (χ1v) is 7.01. The number of nitrogens with zero attached hydrogens (tertiary/aromatic N) is 2. The van der Waals surface area contributed by atoms with Gasteiger partial charge in [-0.2, -0.15) is 5.26 Å². The van der Waals surface area contributed by atoms with Gasteiger partial charge in [0.1, 0.15) is 23.6 Å². The van der Waals surface area contributed by atoms with Crippen molar-refractivity contribution in [3.8, 4) is 11.8 Å². The topological polar surface area (TPSA) is 71.9 Å². The lowest BCUT2D eigenvalue weighted by atomic mass is 10.0. The first-order valence-electron chi connectivity index (χ1n) is 7.01. The minimum Gasteiger partial charge on any atom is -0.482 e. The normalized spacial score (nSPS) is 13.2. The van der Waals surface area contributed by atoms with Crippen LogP contribution in [0.5, 0.6) is 5.75 Å². The Morgan fingerprint density at radius 2 is 1.95 bits per heavy atom. The molecule has 2 aromatic rings. The standard InChI is InChI=1S/C17H19N3O/c1-3-13-4-6-14(7-5-13)17(12(2)19)21-16-9-8-15(10-18)20-11-16/h4-9,11-12,17H,3,19H2,1-2H3. The van der Waals surface area contributed by atoms with E-state index in [4.69, 9.17) is 15.7 Å². The predicted octanol–water partition coefficient (Wildman–Crippen LogP) is 2.98. The molecule has 0 aliphatic heterocycles. The molecular formula is C17H19N3O. The van der Waals surface area contributed by atoms with Gasteiger partial charge in [0.15, 0.2) is 0 Å². The Morgan fingerprint density at radius 1 is 1.24 bits per heavy atom. The molecule has 0 radical (unpaired) electrons. The van der Waals surface area contributed by atoms with Gasteiger partial charge in [-0.05, 0) is 36.6 Å². The van der Waals surface area contributed by atoms with Crippen molar-refractivity contribution in [2.24, 2.45) is 5.73 Å². The maximum atomic E-state index is 8.75. The molecule has 1 aromatic carbocycles. The van der Waals surface area contributed by atoms with Crippen molar-refractivity contribution in [2.45, 2.75) is 32.4 Å². The van der Waals surface area contributed by atoms with Gasteiger partial charge in [0, 0.05) is 6.04 Å². The number of benzene rings is 1. The van der Waals surface area contributed by atoms with Gasteiger partial charge in [0.05, 0.1) is 6.20 Å². The van der Waals surface area contributed by atoms with Gasteiger partial charge in [-0.25, -0.2) is 4.98 Å². The third-order valence-corrected chi connectivity index (χ3v) is 3.31. The fourth-order valence-electron chi connectivity index (χ4n) is 2.08. The summed E-state index contributed by atoms with van der Waals surface area (Å²) >= 11 is 0. The van der Waals surface area contributed by atoms with Crippen LogP contribution in [-0.4, -0.2) is 11.0 Å². The molecular weight excluding hydrogens is 262 g/mol. The van der Waals surface area contributed by atoms with E-state index in [2.05, 4.69) is 24.0 Å². The van der Waals surface area contributed by atoms with Crippen LogP contribution in [0.1, 0.15) is 36.8 Å². The van der Waals surface area contributed by atoms with Crippen LogP contribution >= 0.6 is 0 Å². The highest BCUT2D eigenvalue weighted by Crippen LogP contribution is 2.24. The molecule has 2 atom stereocenters. The second-order valence-corrected chi connectivity index (χ2v) is 4.98. The molecule has 0 aliphatic rings. The zero-order valence-corrected chi connectivity index (χ0v) is 12.3. The summed E-state index contributed by atoms with van der Waals surface area (Å²) in [5, 5.41) is 8.75.